The van der Waals surface area contributed by atoms with Crippen LogP contribution in [0.3, 0.4) is 0 Å². The summed E-state index contributed by atoms with van der Waals surface area (Å²) in [6.45, 7) is 9.37. The van der Waals surface area contributed by atoms with Crippen molar-refractivity contribution in [2.24, 2.45) is 0 Å². The minimum absolute atomic E-state index is 0.163. The van der Waals surface area contributed by atoms with Crippen molar-refractivity contribution >= 4 is 0 Å². The van der Waals surface area contributed by atoms with Gasteiger partial charge in [-0.1, -0.05) is 32.8 Å². The average molecular weight is 264 g/mol. The van der Waals surface area contributed by atoms with Crippen molar-refractivity contribution in [3.05, 3.63) is 23.9 Å². The van der Waals surface area contributed by atoms with E-state index in [-0.39, 0.29) is 6.10 Å². The van der Waals surface area contributed by atoms with Crippen LogP contribution in [-0.2, 0) is 6.54 Å². The number of rotatable bonds is 9. The highest BCUT2D eigenvalue weighted by atomic mass is 16.5. The van der Waals surface area contributed by atoms with E-state index in [2.05, 4.69) is 30.2 Å². The van der Waals surface area contributed by atoms with Gasteiger partial charge in [0.15, 0.2) is 0 Å². The van der Waals surface area contributed by atoms with E-state index in [9.17, 15) is 0 Å². The topological polar surface area (TPSA) is 34.2 Å². The predicted octanol–water partition coefficient (Wildman–Crippen LogP) is 3.93. The number of nitrogens with one attached hydrogen (secondary N) is 1. The highest BCUT2D eigenvalue weighted by molar-refractivity contribution is 5.25. The third-order valence-corrected chi connectivity index (χ3v) is 3.18. The van der Waals surface area contributed by atoms with Crippen LogP contribution >= 0.6 is 0 Å². The summed E-state index contributed by atoms with van der Waals surface area (Å²) in [4.78, 5) is 4.32. The number of hydrogen-bond acceptors (Lipinski definition) is 3. The fourth-order valence-electron chi connectivity index (χ4n) is 2.04. The van der Waals surface area contributed by atoms with Gasteiger partial charge in [0.2, 0.25) is 5.88 Å². The Morgan fingerprint density at radius 1 is 1.32 bits per heavy atom. The maximum atomic E-state index is 5.74. The first-order valence-electron chi connectivity index (χ1n) is 7.51. The van der Waals surface area contributed by atoms with Crippen LogP contribution in [0.25, 0.3) is 0 Å². The van der Waals surface area contributed by atoms with Crippen molar-refractivity contribution < 1.29 is 4.74 Å². The summed E-state index contributed by atoms with van der Waals surface area (Å²) in [6.07, 6.45) is 6.90. The molecule has 1 aromatic heterocycles. The molecule has 1 rings (SSSR count). The van der Waals surface area contributed by atoms with Crippen LogP contribution in [0.1, 0.15) is 58.9 Å². The van der Waals surface area contributed by atoms with E-state index in [0.717, 1.165) is 18.0 Å². The highest BCUT2D eigenvalue weighted by Crippen LogP contribution is 2.16. The minimum Gasteiger partial charge on any atom is -0.475 e. The van der Waals surface area contributed by atoms with Gasteiger partial charge < -0.3 is 10.1 Å². The zero-order chi connectivity index (χ0) is 14.1. The molecule has 0 radical (unpaired) electrons. The lowest BCUT2D eigenvalue weighted by atomic mass is 10.1. The molecule has 108 valence electrons. The minimum atomic E-state index is 0.163. The van der Waals surface area contributed by atoms with Gasteiger partial charge in [-0.15, -0.1) is 0 Å². The molecule has 0 amide bonds. The first kappa shape index (κ1) is 16.0. The van der Waals surface area contributed by atoms with Gasteiger partial charge in [-0.3, -0.25) is 0 Å². The Balaban J connectivity index is 2.55. The van der Waals surface area contributed by atoms with Gasteiger partial charge in [-0.25, -0.2) is 4.98 Å². The lowest BCUT2D eigenvalue weighted by molar-refractivity contribution is 0.229. The number of unbranched alkanes of at least 4 members (excludes halogenated alkanes) is 1. The molecule has 0 aromatic carbocycles. The quantitative estimate of drug-likeness (QED) is 0.734. The Morgan fingerprint density at radius 2 is 2.11 bits per heavy atom. The summed E-state index contributed by atoms with van der Waals surface area (Å²) in [6, 6.07) is 4.65. The molecule has 19 heavy (non-hydrogen) atoms. The second kappa shape index (κ2) is 8.92. The van der Waals surface area contributed by atoms with Crippen molar-refractivity contribution in [2.75, 3.05) is 0 Å². The highest BCUT2D eigenvalue weighted by Gasteiger charge is 2.09. The SMILES string of the molecule is CCCCC(CC)NCc1cccnc1OC(C)C. The largest absolute Gasteiger partial charge is 0.475 e. The molecule has 1 atom stereocenters. The first-order valence-corrected chi connectivity index (χ1v) is 7.51. The Labute approximate surface area is 117 Å². The summed E-state index contributed by atoms with van der Waals surface area (Å²) >= 11 is 0. The van der Waals surface area contributed by atoms with Crippen molar-refractivity contribution in [3.8, 4) is 5.88 Å². The monoisotopic (exact) mass is 264 g/mol. The van der Waals surface area contributed by atoms with E-state index >= 15 is 0 Å². The van der Waals surface area contributed by atoms with Crippen molar-refractivity contribution in [3.63, 3.8) is 0 Å². The molecule has 0 aliphatic heterocycles. The molecule has 0 aliphatic rings. The van der Waals surface area contributed by atoms with Crippen LogP contribution in [0.5, 0.6) is 5.88 Å². The fraction of sp³-hybridized carbons (Fsp3) is 0.688. The van der Waals surface area contributed by atoms with E-state index in [1.807, 2.05) is 19.9 Å². The lowest BCUT2D eigenvalue weighted by Gasteiger charge is -2.18. The Hall–Kier alpha value is -1.09. The molecule has 1 unspecified atom stereocenters. The zero-order valence-corrected chi connectivity index (χ0v) is 12.8. The van der Waals surface area contributed by atoms with Crippen LogP contribution in [0.4, 0.5) is 0 Å². The molecule has 1 aromatic rings. The van der Waals surface area contributed by atoms with Crippen LogP contribution in [0.15, 0.2) is 18.3 Å². The smallest absolute Gasteiger partial charge is 0.218 e. The number of aromatic nitrogens is 1. The summed E-state index contributed by atoms with van der Waals surface area (Å²) < 4.78 is 5.74. The normalized spacial score (nSPS) is 12.7. The van der Waals surface area contributed by atoms with E-state index in [4.69, 9.17) is 4.74 Å². The average Bonchev–Trinajstić information content (AvgIpc) is 2.40. The second-order valence-electron chi connectivity index (χ2n) is 5.26. The van der Waals surface area contributed by atoms with E-state index in [1.165, 1.54) is 25.7 Å². The number of nitrogens with zero attached hydrogens (tertiary/aromatic N) is 1. The van der Waals surface area contributed by atoms with Gasteiger partial charge in [0.25, 0.3) is 0 Å². The zero-order valence-electron chi connectivity index (χ0n) is 12.8. The van der Waals surface area contributed by atoms with Gasteiger partial charge in [-0.2, -0.15) is 0 Å². The molecule has 1 N–H and O–H groups in total. The van der Waals surface area contributed by atoms with Gasteiger partial charge in [0.05, 0.1) is 6.10 Å². The molecule has 3 heteroatoms. The van der Waals surface area contributed by atoms with Crippen LogP contribution in [-0.4, -0.2) is 17.1 Å². The van der Waals surface area contributed by atoms with Gasteiger partial charge in [0.1, 0.15) is 0 Å². The van der Waals surface area contributed by atoms with Crippen molar-refractivity contribution in [2.45, 2.75) is 72.1 Å². The molecule has 0 bridgehead atoms. The summed E-state index contributed by atoms with van der Waals surface area (Å²) in [5, 5.41) is 3.61. The molecule has 1 heterocycles. The maximum absolute atomic E-state index is 5.74. The van der Waals surface area contributed by atoms with Gasteiger partial charge >= 0.3 is 0 Å². The van der Waals surface area contributed by atoms with Crippen LogP contribution in [0.2, 0.25) is 0 Å². The van der Waals surface area contributed by atoms with E-state index < -0.39 is 0 Å². The lowest BCUT2D eigenvalue weighted by Crippen LogP contribution is -2.28. The Kier molecular flexibility index (Phi) is 7.49. The molecular weight excluding hydrogens is 236 g/mol. The molecule has 0 spiro atoms. The summed E-state index contributed by atoms with van der Waals surface area (Å²) in [7, 11) is 0. The van der Waals surface area contributed by atoms with E-state index in [1.54, 1.807) is 6.20 Å². The molecule has 0 saturated carbocycles. The summed E-state index contributed by atoms with van der Waals surface area (Å²) in [5.74, 6) is 0.760. The van der Waals surface area contributed by atoms with Crippen LogP contribution < -0.4 is 10.1 Å². The Bertz CT molecular complexity index is 352. The van der Waals surface area contributed by atoms with E-state index in [0.29, 0.717) is 6.04 Å². The molecule has 0 saturated heterocycles. The Morgan fingerprint density at radius 3 is 2.74 bits per heavy atom. The predicted molar refractivity (Wildman–Crippen MR) is 80.4 cm³/mol. The fourth-order valence-corrected chi connectivity index (χ4v) is 2.04. The third kappa shape index (κ3) is 6.06. The molecular formula is C16H28N2O. The van der Waals surface area contributed by atoms with Crippen molar-refractivity contribution in [1.82, 2.24) is 10.3 Å². The molecule has 0 aliphatic carbocycles. The number of hydrogen-bond donors (Lipinski definition) is 1. The number of ether oxygens (including phenoxy) is 1. The second-order valence-corrected chi connectivity index (χ2v) is 5.26. The molecule has 0 fully saturated rings. The van der Waals surface area contributed by atoms with Gasteiger partial charge in [0, 0.05) is 24.3 Å². The van der Waals surface area contributed by atoms with Crippen molar-refractivity contribution in [1.29, 1.82) is 0 Å². The maximum Gasteiger partial charge on any atom is 0.218 e. The van der Waals surface area contributed by atoms with Gasteiger partial charge in [-0.05, 0) is 32.8 Å². The van der Waals surface area contributed by atoms with Crippen LogP contribution in [0, 0.1) is 0 Å². The summed E-state index contributed by atoms with van der Waals surface area (Å²) in [5.41, 5.74) is 1.14. The standard InChI is InChI=1S/C16H28N2O/c1-5-7-10-15(6-2)18-12-14-9-8-11-17-16(14)19-13(3)4/h8-9,11,13,15,18H,5-7,10,12H2,1-4H3. The molecule has 3 nitrogen and oxygen atoms in total. The third-order valence-electron chi connectivity index (χ3n) is 3.18. The number of pyridine rings is 1. The first-order chi connectivity index (χ1) is 9.17.